The van der Waals surface area contributed by atoms with E-state index >= 15 is 0 Å². The number of benzene rings is 1. The van der Waals surface area contributed by atoms with Crippen LogP contribution in [-0.2, 0) is 17.9 Å². The highest BCUT2D eigenvalue weighted by atomic mass is 16.5. The van der Waals surface area contributed by atoms with Gasteiger partial charge >= 0.3 is 5.97 Å². The highest BCUT2D eigenvalue weighted by Gasteiger charge is 2.44. The quantitative estimate of drug-likeness (QED) is 0.870. The zero-order chi connectivity index (χ0) is 17.0. The van der Waals surface area contributed by atoms with Crippen molar-refractivity contribution in [1.82, 2.24) is 19.7 Å². The van der Waals surface area contributed by atoms with E-state index in [1.54, 1.807) is 18.5 Å². The molecule has 1 saturated heterocycles. The number of aliphatic carboxylic acids is 1. The number of likely N-dealkylation sites (tertiary alicyclic amines) is 1. The standard InChI is InChI=1S/C17H22N4O3/c1-2-21-15(18-13-19-21)12-20-10-8-17(9-11-20,16(22)23)24-14-6-4-3-5-7-14/h3-7,13H,2,8-12H2,1H3,(H,22,23). The molecule has 3 rings (SSSR count). The summed E-state index contributed by atoms with van der Waals surface area (Å²) in [6, 6.07) is 9.16. The molecule has 0 aliphatic carbocycles. The molecule has 1 aliphatic heterocycles. The summed E-state index contributed by atoms with van der Waals surface area (Å²) >= 11 is 0. The van der Waals surface area contributed by atoms with E-state index in [4.69, 9.17) is 4.74 Å². The molecule has 0 atom stereocenters. The number of aryl methyl sites for hydroxylation is 1. The molecule has 0 saturated carbocycles. The molecule has 0 spiro atoms. The van der Waals surface area contributed by atoms with Gasteiger partial charge in [0.15, 0.2) is 0 Å². The maximum atomic E-state index is 11.8. The molecular weight excluding hydrogens is 308 g/mol. The van der Waals surface area contributed by atoms with Gasteiger partial charge in [0.25, 0.3) is 0 Å². The van der Waals surface area contributed by atoms with E-state index in [1.165, 1.54) is 0 Å². The van der Waals surface area contributed by atoms with Gasteiger partial charge in [0.2, 0.25) is 5.60 Å². The van der Waals surface area contributed by atoms with Crippen LogP contribution in [0.4, 0.5) is 0 Å². The molecule has 1 N–H and O–H groups in total. The van der Waals surface area contributed by atoms with Gasteiger partial charge < -0.3 is 9.84 Å². The van der Waals surface area contributed by atoms with E-state index in [1.807, 2.05) is 29.8 Å². The molecule has 0 unspecified atom stereocenters. The summed E-state index contributed by atoms with van der Waals surface area (Å²) in [6.45, 7) is 4.77. The third-order valence-corrected chi connectivity index (χ3v) is 4.47. The van der Waals surface area contributed by atoms with Crippen molar-refractivity contribution in [3.8, 4) is 5.75 Å². The van der Waals surface area contributed by atoms with Gasteiger partial charge in [-0.1, -0.05) is 18.2 Å². The molecule has 24 heavy (non-hydrogen) atoms. The van der Waals surface area contributed by atoms with Gasteiger partial charge in [-0.15, -0.1) is 0 Å². The molecule has 1 aliphatic rings. The van der Waals surface area contributed by atoms with Crippen molar-refractivity contribution in [3.05, 3.63) is 42.5 Å². The van der Waals surface area contributed by atoms with Crippen LogP contribution in [0.2, 0.25) is 0 Å². The summed E-state index contributed by atoms with van der Waals surface area (Å²) in [7, 11) is 0. The zero-order valence-corrected chi connectivity index (χ0v) is 13.8. The van der Waals surface area contributed by atoms with Crippen LogP contribution in [-0.4, -0.2) is 49.4 Å². The fourth-order valence-electron chi connectivity index (χ4n) is 3.02. The Labute approximate surface area is 140 Å². The number of rotatable bonds is 6. The molecule has 2 aromatic rings. The number of carbonyl (C=O) groups is 1. The lowest BCUT2D eigenvalue weighted by Gasteiger charge is -2.38. The van der Waals surface area contributed by atoms with E-state index < -0.39 is 11.6 Å². The lowest BCUT2D eigenvalue weighted by molar-refractivity contribution is -0.159. The maximum Gasteiger partial charge on any atom is 0.348 e. The molecule has 128 valence electrons. The Balaban J connectivity index is 1.65. The van der Waals surface area contributed by atoms with E-state index in [0.29, 0.717) is 38.2 Å². The van der Waals surface area contributed by atoms with E-state index in [0.717, 1.165) is 12.4 Å². The van der Waals surface area contributed by atoms with Gasteiger partial charge in [-0.2, -0.15) is 5.10 Å². The van der Waals surface area contributed by atoms with Crippen LogP contribution >= 0.6 is 0 Å². The number of carboxylic acids is 1. The number of piperidine rings is 1. The second-order valence-corrected chi connectivity index (χ2v) is 5.98. The van der Waals surface area contributed by atoms with Crippen LogP contribution in [0.3, 0.4) is 0 Å². The highest BCUT2D eigenvalue weighted by molar-refractivity contribution is 5.78. The van der Waals surface area contributed by atoms with Crippen molar-refractivity contribution in [2.75, 3.05) is 13.1 Å². The Kier molecular flexibility index (Phi) is 4.80. The van der Waals surface area contributed by atoms with E-state index in [9.17, 15) is 9.90 Å². The first-order valence-electron chi connectivity index (χ1n) is 8.19. The smallest absolute Gasteiger partial charge is 0.348 e. The fraction of sp³-hybridized carbons (Fsp3) is 0.471. The summed E-state index contributed by atoms with van der Waals surface area (Å²) in [4.78, 5) is 18.3. The Morgan fingerprint density at radius 1 is 1.29 bits per heavy atom. The number of hydrogen-bond donors (Lipinski definition) is 1. The lowest BCUT2D eigenvalue weighted by Crippen LogP contribution is -2.53. The fourth-order valence-corrected chi connectivity index (χ4v) is 3.02. The summed E-state index contributed by atoms with van der Waals surface area (Å²) in [5.74, 6) is 0.603. The number of hydrogen-bond acceptors (Lipinski definition) is 5. The molecule has 7 nitrogen and oxygen atoms in total. The molecule has 1 fully saturated rings. The second kappa shape index (κ2) is 7.00. The van der Waals surface area contributed by atoms with Crippen molar-refractivity contribution in [3.63, 3.8) is 0 Å². The van der Waals surface area contributed by atoms with Gasteiger partial charge in [0, 0.05) is 32.5 Å². The van der Waals surface area contributed by atoms with E-state index in [-0.39, 0.29) is 0 Å². The van der Waals surface area contributed by atoms with Gasteiger partial charge in [-0.25, -0.2) is 14.5 Å². The number of aromatic nitrogens is 3. The molecular formula is C17H22N4O3. The zero-order valence-electron chi connectivity index (χ0n) is 13.8. The number of para-hydroxylation sites is 1. The van der Waals surface area contributed by atoms with Crippen molar-refractivity contribution in [2.24, 2.45) is 0 Å². The van der Waals surface area contributed by atoms with Gasteiger partial charge in [0.05, 0.1) is 6.54 Å². The van der Waals surface area contributed by atoms with Crippen LogP contribution < -0.4 is 4.74 Å². The Hall–Kier alpha value is -2.41. The number of carboxylic acid groups (broad SMARTS) is 1. The number of ether oxygens (including phenoxy) is 1. The highest BCUT2D eigenvalue weighted by Crippen LogP contribution is 2.29. The second-order valence-electron chi connectivity index (χ2n) is 5.98. The Morgan fingerprint density at radius 3 is 2.62 bits per heavy atom. The minimum Gasteiger partial charge on any atom is -0.478 e. The van der Waals surface area contributed by atoms with Crippen LogP contribution in [0.1, 0.15) is 25.6 Å². The average molecular weight is 330 g/mol. The van der Waals surface area contributed by atoms with Crippen molar-refractivity contribution in [2.45, 2.75) is 38.5 Å². The Morgan fingerprint density at radius 2 is 2.00 bits per heavy atom. The third-order valence-electron chi connectivity index (χ3n) is 4.47. The molecule has 7 heteroatoms. The minimum atomic E-state index is -1.16. The minimum absolute atomic E-state index is 0.442. The van der Waals surface area contributed by atoms with Crippen molar-refractivity contribution < 1.29 is 14.6 Å². The molecule has 0 radical (unpaired) electrons. The van der Waals surface area contributed by atoms with Crippen molar-refractivity contribution >= 4 is 5.97 Å². The first kappa shape index (κ1) is 16.4. The molecule has 2 heterocycles. The van der Waals surface area contributed by atoms with Gasteiger partial charge in [-0.05, 0) is 19.1 Å². The van der Waals surface area contributed by atoms with Gasteiger partial charge in [0.1, 0.15) is 17.9 Å². The van der Waals surface area contributed by atoms with Crippen LogP contribution in [0.5, 0.6) is 5.75 Å². The number of nitrogens with zero attached hydrogens (tertiary/aromatic N) is 4. The van der Waals surface area contributed by atoms with Crippen LogP contribution in [0, 0.1) is 0 Å². The lowest BCUT2D eigenvalue weighted by atomic mass is 9.91. The molecule has 1 aromatic heterocycles. The monoisotopic (exact) mass is 330 g/mol. The molecule has 0 amide bonds. The predicted molar refractivity (Wildman–Crippen MR) is 87.6 cm³/mol. The summed E-state index contributed by atoms with van der Waals surface area (Å²) in [5, 5.41) is 13.9. The first-order chi connectivity index (χ1) is 11.6. The summed E-state index contributed by atoms with van der Waals surface area (Å²) in [6.07, 6.45) is 2.44. The maximum absolute atomic E-state index is 11.8. The van der Waals surface area contributed by atoms with Gasteiger partial charge in [-0.3, -0.25) is 4.90 Å². The van der Waals surface area contributed by atoms with Crippen molar-refractivity contribution in [1.29, 1.82) is 0 Å². The largest absolute Gasteiger partial charge is 0.478 e. The molecule has 1 aromatic carbocycles. The summed E-state index contributed by atoms with van der Waals surface area (Å²) < 4.78 is 7.73. The van der Waals surface area contributed by atoms with E-state index in [2.05, 4.69) is 15.0 Å². The summed E-state index contributed by atoms with van der Waals surface area (Å²) in [5.41, 5.74) is -1.16. The topological polar surface area (TPSA) is 80.5 Å². The van der Waals surface area contributed by atoms with Crippen LogP contribution in [0.25, 0.3) is 0 Å². The first-order valence-corrected chi connectivity index (χ1v) is 8.19. The SMILES string of the molecule is CCn1ncnc1CN1CCC(Oc2ccccc2)(C(=O)O)CC1. The molecule has 0 bridgehead atoms. The average Bonchev–Trinajstić information content (AvgIpc) is 3.04. The van der Waals surface area contributed by atoms with Crippen LogP contribution in [0.15, 0.2) is 36.7 Å². The third kappa shape index (κ3) is 3.41. The Bertz CT molecular complexity index is 678. The predicted octanol–water partition coefficient (Wildman–Crippen LogP) is 1.80. The normalized spacial score (nSPS) is 17.5.